The minimum atomic E-state index is -0.750. The average molecular weight is 342 g/mol. The summed E-state index contributed by atoms with van der Waals surface area (Å²) in [6, 6.07) is 10.4. The smallest absolute Gasteiger partial charge is 0.228 e. The molecule has 0 saturated carbocycles. The van der Waals surface area contributed by atoms with E-state index in [-0.39, 0.29) is 18.6 Å². The Balaban J connectivity index is 1.66. The van der Waals surface area contributed by atoms with Gasteiger partial charge >= 0.3 is 0 Å². The molecule has 0 spiro atoms. The van der Waals surface area contributed by atoms with E-state index in [1.165, 1.54) is 5.56 Å². The normalized spacial score (nSPS) is 17.6. The number of fused-ring (bicyclic) bond motifs is 1. The van der Waals surface area contributed by atoms with Crippen LogP contribution in [0.1, 0.15) is 43.9 Å². The predicted octanol–water partition coefficient (Wildman–Crippen LogP) is 1.71. The number of aromatic nitrogens is 3. The molecule has 3 rings (SSSR count). The number of aryl methyl sites for hydroxylation is 1. The van der Waals surface area contributed by atoms with E-state index in [1.807, 2.05) is 18.2 Å². The second-order valence-corrected chi connectivity index (χ2v) is 7.39. The molecule has 1 amide bonds. The van der Waals surface area contributed by atoms with Crippen LogP contribution in [0.4, 0.5) is 0 Å². The Morgan fingerprint density at radius 3 is 2.76 bits per heavy atom. The third-order valence-corrected chi connectivity index (χ3v) is 4.87. The Kier molecular flexibility index (Phi) is 5.18. The Labute approximate surface area is 148 Å². The van der Waals surface area contributed by atoms with Gasteiger partial charge in [0.15, 0.2) is 0 Å². The van der Waals surface area contributed by atoms with Crippen LogP contribution in [-0.4, -0.2) is 38.4 Å². The largest absolute Gasteiger partial charge is 0.395 e. The van der Waals surface area contributed by atoms with Crippen molar-refractivity contribution < 1.29 is 9.90 Å². The lowest BCUT2D eigenvalue weighted by atomic mass is 9.93. The first-order valence-electron chi connectivity index (χ1n) is 8.86. The van der Waals surface area contributed by atoms with Crippen molar-refractivity contribution in [1.82, 2.24) is 20.1 Å². The van der Waals surface area contributed by atoms with Crippen molar-refractivity contribution in [2.45, 2.75) is 52.1 Å². The summed E-state index contributed by atoms with van der Waals surface area (Å²) in [5.74, 6) is 1.87. The Bertz CT molecular complexity index is 724. The van der Waals surface area contributed by atoms with Crippen molar-refractivity contribution in [3.05, 3.63) is 47.5 Å². The second-order valence-electron chi connectivity index (χ2n) is 7.39. The predicted molar refractivity (Wildman–Crippen MR) is 95.0 cm³/mol. The lowest BCUT2D eigenvalue weighted by Crippen LogP contribution is -2.44. The molecule has 1 aliphatic rings. The van der Waals surface area contributed by atoms with Crippen LogP contribution in [0.2, 0.25) is 0 Å². The summed E-state index contributed by atoms with van der Waals surface area (Å²) >= 11 is 0. The van der Waals surface area contributed by atoms with Gasteiger partial charge in [-0.15, -0.1) is 10.2 Å². The van der Waals surface area contributed by atoms with Crippen molar-refractivity contribution in [2.75, 3.05) is 6.61 Å². The molecule has 0 radical (unpaired) electrons. The summed E-state index contributed by atoms with van der Waals surface area (Å²) in [6.07, 6.45) is 3.26. The minimum Gasteiger partial charge on any atom is -0.395 e. The first-order valence-corrected chi connectivity index (χ1v) is 8.86. The first-order chi connectivity index (χ1) is 12.0. The lowest BCUT2D eigenvalue weighted by molar-refractivity contribution is -0.132. The van der Waals surface area contributed by atoms with Gasteiger partial charge in [-0.05, 0) is 32.3 Å². The molecule has 0 fully saturated rings. The van der Waals surface area contributed by atoms with E-state index in [1.54, 1.807) is 13.8 Å². The summed E-state index contributed by atoms with van der Waals surface area (Å²) in [7, 11) is 0. The number of rotatable bonds is 5. The highest BCUT2D eigenvalue weighted by molar-refractivity contribution is 5.82. The van der Waals surface area contributed by atoms with E-state index in [9.17, 15) is 9.90 Å². The van der Waals surface area contributed by atoms with Gasteiger partial charge in [0.25, 0.3) is 0 Å². The summed E-state index contributed by atoms with van der Waals surface area (Å²) in [5.41, 5.74) is 0.469. The standard InChI is InChI=1S/C19H26N4O2/c1-19(2,13-24)18(25)20-15-8-9-16-21-22-17(23(16)11-10-15)12-14-6-4-3-5-7-14/h3-7,15,24H,8-13H2,1-2H3,(H,20,25). The molecule has 1 aromatic heterocycles. The molecule has 6 heteroatoms. The van der Waals surface area contributed by atoms with Gasteiger partial charge in [0.2, 0.25) is 5.91 Å². The van der Waals surface area contributed by atoms with Gasteiger partial charge in [-0.25, -0.2) is 0 Å². The second kappa shape index (κ2) is 7.35. The maximum absolute atomic E-state index is 12.3. The van der Waals surface area contributed by atoms with Gasteiger partial charge in [-0.1, -0.05) is 30.3 Å². The van der Waals surface area contributed by atoms with Crippen LogP contribution < -0.4 is 5.32 Å². The number of carbonyl (C=O) groups is 1. The van der Waals surface area contributed by atoms with E-state index in [2.05, 4.69) is 32.2 Å². The number of hydrogen-bond donors (Lipinski definition) is 2. The van der Waals surface area contributed by atoms with Crippen LogP contribution >= 0.6 is 0 Å². The van der Waals surface area contributed by atoms with Crippen LogP contribution in [0.15, 0.2) is 30.3 Å². The van der Waals surface area contributed by atoms with Gasteiger partial charge in [0, 0.05) is 25.4 Å². The molecule has 0 aliphatic carbocycles. The Hall–Kier alpha value is -2.21. The number of hydrogen-bond acceptors (Lipinski definition) is 4. The van der Waals surface area contributed by atoms with Crippen LogP contribution in [0.5, 0.6) is 0 Å². The molecular weight excluding hydrogens is 316 g/mol. The van der Waals surface area contributed by atoms with Crippen molar-refractivity contribution in [3.8, 4) is 0 Å². The summed E-state index contributed by atoms with van der Waals surface area (Å²) in [4.78, 5) is 12.3. The molecule has 6 nitrogen and oxygen atoms in total. The molecule has 0 saturated heterocycles. The number of nitrogens with zero attached hydrogens (tertiary/aromatic N) is 3. The van der Waals surface area contributed by atoms with Crippen LogP contribution in [0.3, 0.4) is 0 Å². The number of amides is 1. The van der Waals surface area contributed by atoms with Crippen molar-refractivity contribution in [3.63, 3.8) is 0 Å². The molecular formula is C19H26N4O2. The number of nitrogens with one attached hydrogen (secondary N) is 1. The molecule has 1 aliphatic heterocycles. The van der Waals surface area contributed by atoms with Crippen molar-refractivity contribution >= 4 is 5.91 Å². The SMILES string of the molecule is CC(C)(CO)C(=O)NC1CCc2nnc(Cc3ccccc3)n2CC1. The minimum absolute atomic E-state index is 0.0952. The fraction of sp³-hybridized carbons (Fsp3) is 0.526. The zero-order chi connectivity index (χ0) is 17.9. The molecule has 1 unspecified atom stereocenters. The summed E-state index contributed by atoms with van der Waals surface area (Å²) in [5, 5.41) is 21.2. The van der Waals surface area contributed by atoms with Crippen molar-refractivity contribution in [2.24, 2.45) is 5.41 Å². The Morgan fingerprint density at radius 1 is 1.28 bits per heavy atom. The topological polar surface area (TPSA) is 80.0 Å². The summed E-state index contributed by atoms with van der Waals surface area (Å²) < 4.78 is 2.19. The third kappa shape index (κ3) is 4.07. The number of benzene rings is 1. The van der Waals surface area contributed by atoms with Gasteiger partial charge in [0.05, 0.1) is 12.0 Å². The van der Waals surface area contributed by atoms with Gasteiger partial charge in [0.1, 0.15) is 11.6 Å². The van der Waals surface area contributed by atoms with Gasteiger partial charge in [-0.3, -0.25) is 4.79 Å². The maximum Gasteiger partial charge on any atom is 0.228 e. The molecule has 1 aromatic carbocycles. The van der Waals surface area contributed by atoms with Crippen LogP contribution in [0, 0.1) is 5.41 Å². The van der Waals surface area contributed by atoms with E-state index in [4.69, 9.17) is 0 Å². The average Bonchev–Trinajstić information content (AvgIpc) is 2.87. The molecule has 2 aromatic rings. The quantitative estimate of drug-likeness (QED) is 0.867. The highest BCUT2D eigenvalue weighted by Crippen LogP contribution is 2.19. The van der Waals surface area contributed by atoms with Gasteiger partial charge < -0.3 is 15.0 Å². The van der Waals surface area contributed by atoms with E-state index in [0.717, 1.165) is 43.9 Å². The van der Waals surface area contributed by atoms with E-state index >= 15 is 0 Å². The fourth-order valence-corrected chi connectivity index (χ4v) is 3.05. The van der Waals surface area contributed by atoms with Crippen LogP contribution in [-0.2, 0) is 24.2 Å². The van der Waals surface area contributed by atoms with Crippen LogP contribution in [0.25, 0.3) is 0 Å². The molecule has 0 bridgehead atoms. The first kappa shape index (κ1) is 17.6. The molecule has 2 N–H and O–H groups in total. The summed E-state index contributed by atoms with van der Waals surface area (Å²) in [6.45, 7) is 4.16. The number of aliphatic hydroxyl groups is 1. The van der Waals surface area contributed by atoms with Crippen molar-refractivity contribution in [1.29, 1.82) is 0 Å². The maximum atomic E-state index is 12.3. The lowest BCUT2D eigenvalue weighted by Gasteiger charge is -2.25. The molecule has 25 heavy (non-hydrogen) atoms. The zero-order valence-corrected chi connectivity index (χ0v) is 14.9. The van der Waals surface area contributed by atoms with E-state index in [0.29, 0.717) is 0 Å². The molecule has 2 heterocycles. The highest BCUT2D eigenvalue weighted by atomic mass is 16.3. The monoisotopic (exact) mass is 342 g/mol. The highest BCUT2D eigenvalue weighted by Gasteiger charge is 2.29. The fourth-order valence-electron chi connectivity index (χ4n) is 3.05. The number of aliphatic hydroxyl groups excluding tert-OH is 1. The third-order valence-electron chi connectivity index (χ3n) is 4.87. The van der Waals surface area contributed by atoms with Gasteiger partial charge in [-0.2, -0.15) is 0 Å². The molecule has 1 atom stereocenters. The zero-order valence-electron chi connectivity index (χ0n) is 14.9. The molecule has 134 valence electrons. The number of carbonyl (C=O) groups excluding carboxylic acids is 1. The van der Waals surface area contributed by atoms with E-state index < -0.39 is 5.41 Å². The Morgan fingerprint density at radius 2 is 2.04 bits per heavy atom.